The molecule has 1 aliphatic rings. The van der Waals surface area contributed by atoms with Crippen LogP contribution in [-0.2, 0) is 13.0 Å². The average molecular weight is 436 g/mol. The first kappa shape index (κ1) is 23.1. The third-order valence-electron chi connectivity index (χ3n) is 5.35. The normalized spacial score (nSPS) is 16.2. The number of nitrogens with two attached hydrogens (primary N) is 1. The van der Waals surface area contributed by atoms with Gasteiger partial charge in [0.15, 0.2) is 5.65 Å². The number of aryl methyl sites for hydroxylation is 2. The summed E-state index contributed by atoms with van der Waals surface area (Å²) in [6.07, 6.45) is 7.54. The van der Waals surface area contributed by atoms with Crippen molar-refractivity contribution >= 4 is 41.9 Å². The summed E-state index contributed by atoms with van der Waals surface area (Å²) in [6.45, 7) is 2.09. The topological polar surface area (TPSA) is 77.0 Å². The summed E-state index contributed by atoms with van der Waals surface area (Å²) in [6, 6.07) is 12.3. The largest absolute Gasteiger partial charge is 0.334 e. The second-order valence-corrected chi connectivity index (χ2v) is 7.12. The number of hydrogen-bond donors (Lipinski definition) is 1. The van der Waals surface area contributed by atoms with Crippen molar-refractivity contribution in [3.05, 3.63) is 60.0 Å². The zero-order valence-corrected chi connectivity index (χ0v) is 17.9. The monoisotopic (exact) mass is 435 g/mol. The lowest BCUT2D eigenvalue weighted by Crippen LogP contribution is -2.47. The summed E-state index contributed by atoms with van der Waals surface area (Å²) >= 11 is 0. The molecule has 3 heterocycles. The molecule has 1 fully saturated rings. The van der Waals surface area contributed by atoms with E-state index in [0.29, 0.717) is 12.1 Å². The molecule has 0 radical (unpaired) electrons. The van der Waals surface area contributed by atoms with Gasteiger partial charge in [-0.15, -0.1) is 24.8 Å². The van der Waals surface area contributed by atoms with Crippen LogP contribution in [0.25, 0.3) is 11.2 Å². The summed E-state index contributed by atoms with van der Waals surface area (Å²) in [5, 5.41) is 0. The van der Waals surface area contributed by atoms with Crippen molar-refractivity contribution in [3.8, 4) is 0 Å². The Morgan fingerprint density at radius 3 is 2.69 bits per heavy atom. The number of halogens is 2. The molecule has 1 aliphatic heterocycles. The van der Waals surface area contributed by atoms with E-state index in [1.165, 1.54) is 5.56 Å². The van der Waals surface area contributed by atoms with Gasteiger partial charge in [-0.1, -0.05) is 30.3 Å². The number of pyridine rings is 1. The Morgan fingerprint density at radius 2 is 1.93 bits per heavy atom. The molecule has 6 nitrogen and oxygen atoms in total. The van der Waals surface area contributed by atoms with Crippen LogP contribution >= 0.6 is 24.8 Å². The third kappa shape index (κ3) is 5.07. The molecule has 8 heteroatoms. The molecule has 2 N–H and O–H groups in total. The van der Waals surface area contributed by atoms with E-state index in [4.69, 9.17) is 5.73 Å². The van der Waals surface area contributed by atoms with Gasteiger partial charge in [-0.2, -0.15) is 0 Å². The van der Waals surface area contributed by atoms with Crippen molar-refractivity contribution in [2.75, 3.05) is 13.1 Å². The zero-order valence-electron chi connectivity index (χ0n) is 16.2. The number of nitrogens with zero attached hydrogens (tertiary/aromatic N) is 4. The van der Waals surface area contributed by atoms with Gasteiger partial charge in [-0.25, -0.2) is 9.97 Å². The maximum absolute atomic E-state index is 12.9. The number of imidazole rings is 1. The fraction of sp³-hybridized carbons (Fsp3) is 0.381. The van der Waals surface area contributed by atoms with E-state index in [1.54, 1.807) is 12.5 Å². The lowest BCUT2D eigenvalue weighted by atomic mass is 10.0. The molecule has 1 atom stereocenters. The Labute approximate surface area is 183 Å². The smallest absolute Gasteiger partial charge is 0.255 e. The molecule has 3 aromatic rings. The number of carbonyl (C=O) groups excluding carboxylic acids is 1. The van der Waals surface area contributed by atoms with Gasteiger partial charge in [-0.3, -0.25) is 4.79 Å². The molecule has 0 bridgehead atoms. The number of benzene rings is 1. The van der Waals surface area contributed by atoms with Gasteiger partial charge in [0.05, 0.1) is 11.9 Å². The fourth-order valence-corrected chi connectivity index (χ4v) is 3.80. The minimum absolute atomic E-state index is 0. The SMILES string of the molecule is Cl.Cl.NCC1CCCCN1C(=O)c1cnc2c(c1)ncn2CCc1ccccc1. The van der Waals surface area contributed by atoms with Crippen LogP contribution in [0.2, 0.25) is 0 Å². The number of carbonyl (C=O) groups is 1. The van der Waals surface area contributed by atoms with Crippen molar-refractivity contribution in [1.29, 1.82) is 0 Å². The van der Waals surface area contributed by atoms with Crippen LogP contribution in [0.5, 0.6) is 0 Å². The Bertz CT molecular complexity index is 931. The van der Waals surface area contributed by atoms with Crippen LogP contribution in [0, 0.1) is 0 Å². The molecular weight excluding hydrogens is 409 g/mol. The average Bonchev–Trinajstić information content (AvgIpc) is 3.14. The summed E-state index contributed by atoms with van der Waals surface area (Å²) in [5.74, 6) is 0.0124. The summed E-state index contributed by atoms with van der Waals surface area (Å²) in [4.78, 5) is 23.8. The Morgan fingerprint density at radius 1 is 1.14 bits per heavy atom. The zero-order chi connectivity index (χ0) is 18.6. The molecule has 0 spiro atoms. The number of piperidine rings is 1. The summed E-state index contributed by atoms with van der Waals surface area (Å²) in [7, 11) is 0. The van der Waals surface area contributed by atoms with Crippen molar-refractivity contribution in [3.63, 3.8) is 0 Å². The number of rotatable bonds is 5. The van der Waals surface area contributed by atoms with Crippen molar-refractivity contribution in [2.24, 2.45) is 5.73 Å². The van der Waals surface area contributed by atoms with E-state index in [9.17, 15) is 4.79 Å². The minimum Gasteiger partial charge on any atom is -0.334 e. The number of amides is 1. The van der Waals surface area contributed by atoms with Crippen LogP contribution in [0.15, 0.2) is 48.9 Å². The highest BCUT2D eigenvalue weighted by Gasteiger charge is 2.27. The number of fused-ring (bicyclic) bond motifs is 1. The van der Waals surface area contributed by atoms with Crippen molar-refractivity contribution in [1.82, 2.24) is 19.4 Å². The lowest BCUT2D eigenvalue weighted by Gasteiger charge is -2.35. The second kappa shape index (κ2) is 10.6. The Balaban J connectivity index is 0.00000150. The van der Waals surface area contributed by atoms with Gasteiger partial charge >= 0.3 is 0 Å². The number of aromatic nitrogens is 3. The number of hydrogen-bond acceptors (Lipinski definition) is 4. The predicted octanol–water partition coefficient (Wildman–Crippen LogP) is 3.47. The van der Waals surface area contributed by atoms with Gasteiger partial charge in [0.1, 0.15) is 5.52 Å². The van der Waals surface area contributed by atoms with Gasteiger partial charge in [-0.05, 0) is 37.3 Å². The molecule has 1 amide bonds. The highest BCUT2D eigenvalue weighted by molar-refractivity contribution is 5.96. The number of likely N-dealkylation sites (tertiary alicyclic amines) is 1. The predicted molar refractivity (Wildman–Crippen MR) is 120 cm³/mol. The van der Waals surface area contributed by atoms with Gasteiger partial charge in [0.25, 0.3) is 5.91 Å². The van der Waals surface area contributed by atoms with Gasteiger partial charge in [0, 0.05) is 31.9 Å². The van der Waals surface area contributed by atoms with Crippen molar-refractivity contribution < 1.29 is 4.79 Å². The molecule has 0 saturated carbocycles. The van der Waals surface area contributed by atoms with Gasteiger partial charge in [0.2, 0.25) is 0 Å². The second-order valence-electron chi connectivity index (χ2n) is 7.12. The van der Waals surface area contributed by atoms with E-state index in [-0.39, 0.29) is 36.8 Å². The van der Waals surface area contributed by atoms with Gasteiger partial charge < -0.3 is 15.2 Å². The van der Waals surface area contributed by atoms with E-state index >= 15 is 0 Å². The minimum atomic E-state index is 0. The highest BCUT2D eigenvalue weighted by atomic mass is 35.5. The summed E-state index contributed by atoms with van der Waals surface area (Å²) < 4.78 is 2.04. The summed E-state index contributed by atoms with van der Waals surface area (Å²) in [5.41, 5.74) is 9.31. The molecule has 1 unspecified atom stereocenters. The third-order valence-corrected chi connectivity index (χ3v) is 5.35. The van der Waals surface area contributed by atoms with Crippen LogP contribution in [0.1, 0.15) is 35.2 Å². The maximum atomic E-state index is 12.9. The molecule has 2 aromatic heterocycles. The van der Waals surface area contributed by atoms with Crippen LogP contribution < -0.4 is 5.73 Å². The highest BCUT2D eigenvalue weighted by Crippen LogP contribution is 2.20. The molecule has 1 aromatic carbocycles. The van der Waals surface area contributed by atoms with Crippen LogP contribution in [-0.4, -0.2) is 44.5 Å². The lowest BCUT2D eigenvalue weighted by molar-refractivity contribution is 0.0623. The molecule has 4 rings (SSSR count). The quantitative estimate of drug-likeness (QED) is 0.665. The first-order chi connectivity index (χ1) is 13.3. The van der Waals surface area contributed by atoms with E-state index in [2.05, 4.69) is 22.1 Å². The molecule has 29 heavy (non-hydrogen) atoms. The van der Waals surface area contributed by atoms with Crippen molar-refractivity contribution in [2.45, 2.75) is 38.3 Å². The van der Waals surface area contributed by atoms with E-state index in [0.717, 1.165) is 49.9 Å². The molecule has 156 valence electrons. The van der Waals surface area contributed by atoms with Crippen LogP contribution in [0.3, 0.4) is 0 Å². The Kier molecular flexibility index (Phi) is 8.44. The maximum Gasteiger partial charge on any atom is 0.255 e. The van der Waals surface area contributed by atoms with Crippen LogP contribution in [0.4, 0.5) is 0 Å². The molecular formula is C21H27Cl2N5O. The van der Waals surface area contributed by atoms with E-state index in [1.807, 2.05) is 33.7 Å². The fourth-order valence-electron chi connectivity index (χ4n) is 3.80. The Hall–Kier alpha value is -2.15. The first-order valence-corrected chi connectivity index (χ1v) is 9.62. The van der Waals surface area contributed by atoms with E-state index < -0.39 is 0 Å². The standard InChI is InChI=1S/C21H25N5O.2ClH/c22-13-18-8-4-5-10-26(18)21(27)17-12-19-20(23-14-17)25(15-24-19)11-9-16-6-2-1-3-7-16;;/h1-3,6-7,12,14-15,18H,4-5,8-11,13,22H2;2*1H. The molecule has 0 aliphatic carbocycles. The molecule has 1 saturated heterocycles. The first-order valence-electron chi connectivity index (χ1n) is 9.62.